The van der Waals surface area contributed by atoms with E-state index in [4.69, 9.17) is 4.98 Å². The number of nitrogens with zero attached hydrogens (tertiary/aromatic N) is 3. The number of amides is 1. The van der Waals surface area contributed by atoms with E-state index in [1.807, 2.05) is 20.8 Å². The highest BCUT2D eigenvalue weighted by molar-refractivity contribution is 5.94. The fourth-order valence-corrected chi connectivity index (χ4v) is 4.14. The summed E-state index contributed by atoms with van der Waals surface area (Å²) >= 11 is 0. The summed E-state index contributed by atoms with van der Waals surface area (Å²) in [5.41, 5.74) is -0.541. The molecule has 0 saturated carbocycles. The van der Waals surface area contributed by atoms with Gasteiger partial charge in [-0.25, -0.2) is 4.98 Å². The van der Waals surface area contributed by atoms with Gasteiger partial charge in [-0.05, 0) is 49.6 Å². The second-order valence-electron chi connectivity index (χ2n) is 8.30. The second kappa shape index (κ2) is 10.8. The van der Waals surface area contributed by atoms with Gasteiger partial charge in [0.15, 0.2) is 0 Å². The monoisotopic (exact) mass is 473 g/mol. The van der Waals surface area contributed by atoms with Crippen LogP contribution in [0.25, 0.3) is 10.9 Å². The Morgan fingerprint density at radius 2 is 1.79 bits per heavy atom. The minimum atomic E-state index is -4.55. The molecule has 0 fully saturated rings. The molecule has 8 heteroatoms. The van der Waals surface area contributed by atoms with Crippen molar-refractivity contribution in [2.24, 2.45) is 0 Å². The molecule has 1 amide bonds. The maximum atomic E-state index is 13.6. The number of hydrogen-bond acceptors (Lipinski definition) is 3. The molecule has 5 nitrogen and oxygen atoms in total. The molecule has 3 aromatic rings. The Labute approximate surface area is 197 Å². The molecule has 182 valence electrons. The van der Waals surface area contributed by atoms with Crippen LogP contribution in [0.4, 0.5) is 13.2 Å². The summed E-state index contributed by atoms with van der Waals surface area (Å²) in [6, 6.07) is 11.0. The van der Waals surface area contributed by atoms with Gasteiger partial charge < -0.3 is 4.90 Å². The molecule has 0 aliphatic heterocycles. The molecule has 2 aromatic carbocycles. The van der Waals surface area contributed by atoms with E-state index in [9.17, 15) is 22.8 Å². The van der Waals surface area contributed by atoms with E-state index in [2.05, 4.69) is 0 Å². The normalized spacial score (nSPS) is 12.6. The Morgan fingerprint density at radius 1 is 1.06 bits per heavy atom. The summed E-state index contributed by atoms with van der Waals surface area (Å²) in [7, 11) is 0. The lowest BCUT2D eigenvalue weighted by Crippen LogP contribution is -2.39. The van der Waals surface area contributed by atoms with Gasteiger partial charge in [0.25, 0.3) is 11.5 Å². The number of para-hydroxylation sites is 1. The standard InChI is InChI=1S/C26H30F3N3O2/c1-4-7-16-31(24(33)18-11-10-12-19(17-18)26(27,28)29)22(6-3)23-30-21-14-9-8-13-20(21)25(34)32(23)15-5-2/h8-14,17,22H,4-7,15-16H2,1-3H3. The highest BCUT2D eigenvalue weighted by Gasteiger charge is 2.33. The molecule has 1 heterocycles. The van der Waals surface area contributed by atoms with Crippen LogP contribution in [-0.2, 0) is 12.7 Å². The van der Waals surface area contributed by atoms with E-state index in [1.165, 1.54) is 12.1 Å². The summed E-state index contributed by atoms with van der Waals surface area (Å²) in [6.07, 6.45) is -1.92. The van der Waals surface area contributed by atoms with Gasteiger partial charge in [0, 0.05) is 18.7 Å². The smallest absolute Gasteiger partial charge is 0.328 e. The minimum Gasteiger partial charge on any atom is -0.328 e. The first-order chi connectivity index (χ1) is 16.2. The van der Waals surface area contributed by atoms with Crippen molar-refractivity contribution in [3.63, 3.8) is 0 Å². The van der Waals surface area contributed by atoms with E-state index < -0.39 is 23.7 Å². The van der Waals surface area contributed by atoms with E-state index in [1.54, 1.807) is 33.7 Å². The quantitative estimate of drug-likeness (QED) is 0.371. The van der Waals surface area contributed by atoms with Crippen molar-refractivity contribution in [3.05, 3.63) is 75.8 Å². The van der Waals surface area contributed by atoms with Crippen LogP contribution in [-0.4, -0.2) is 26.9 Å². The molecule has 0 saturated heterocycles. The minimum absolute atomic E-state index is 0.0328. The van der Waals surface area contributed by atoms with Crippen LogP contribution in [0.5, 0.6) is 0 Å². The molecule has 1 atom stereocenters. The number of carbonyl (C=O) groups excluding carboxylic acids is 1. The van der Waals surface area contributed by atoms with E-state index in [-0.39, 0.29) is 11.1 Å². The van der Waals surface area contributed by atoms with Gasteiger partial charge in [-0.15, -0.1) is 0 Å². The molecule has 0 N–H and O–H groups in total. The SMILES string of the molecule is CCCCN(C(=O)c1cccc(C(F)(F)F)c1)C(CC)c1nc2ccccc2c(=O)n1CCC. The van der Waals surface area contributed by atoms with Crippen LogP contribution >= 0.6 is 0 Å². The molecule has 3 rings (SSSR count). The van der Waals surface area contributed by atoms with E-state index >= 15 is 0 Å². The number of rotatable bonds is 9. The molecule has 0 aliphatic rings. The second-order valence-corrected chi connectivity index (χ2v) is 8.30. The van der Waals surface area contributed by atoms with Crippen molar-refractivity contribution in [2.75, 3.05) is 6.54 Å². The Hall–Kier alpha value is -3.16. The summed E-state index contributed by atoms with van der Waals surface area (Å²) in [6.45, 7) is 6.60. The average Bonchev–Trinajstić information content (AvgIpc) is 2.83. The maximum absolute atomic E-state index is 13.6. The Balaban J connectivity index is 2.15. The van der Waals surface area contributed by atoms with Crippen molar-refractivity contribution >= 4 is 16.8 Å². The zero-order chi connectivity index (χ0) is 24.9. The molecule has 0 bridgehead atoms. The predicted octanol–water partition coefficient (Wildman–Crippen LogP) is 6.22. The molecule has 0 aliphatic carbocycles. The van der Waals surface area contributed by atoms with Crippen molar-refractivity contribution in [3.8, 4) is 0 Å². The van der Waals surface area contributed by atoms with Gasteiger partial charge in [0.05, 0.1) is 22.5 Å². The molecular formula is C26H30F3N3O2. The number of hydrogen-bond donors (Lipinski definition) is 0. The van der Waals surface area contributed by atoms with Gasteiger partial charge in [0.1, 0.15) is 5.82 Å². The fraction of sp³-hybridized carbons (Fsp3) is 0.423. The van der Waals surface area contributed by atoms with Gasteiger partial charge in [-0.2, -0.15) is 13.2 Å². The Kier molecular flexibility index (Phi) is 8.12. The third-order valence-electron chi connectivity index (χ3n) is 5.85. The van der Waals surface area contributed by atoms with Crippen LogP contribution in [0.2, 0.25) is 0 Å². The van der Waals surface area contributed by atoms with Gasteiger partial charge >= 0.3 is 6.18 Å². The number of fused-ring (bicyclic) bond motifs is 1. The fourth-order valence-electron chi connectivity index (χ4n) is 4.14. The molecule has 34 heavy (non-hydrogen) atoms. The van der Waals surface area contributed by atoms with Crippen molar-refractivity contribution in [1.29, 1.82) is 0 Å². The topological polar surface area (TPSA) is 55.2 Å². The first-order valence-corrected chi connectivity index (χ1v) is 11.7. The zero-order valence-corrected chi connectivity index (χ0v) is 19.7. The van der Waals surface area contributed by atoms with E-state index in [0.717, 1.165) is 18.6 Å². The lowest BCUT2D eigenvalue weighted by molar-refractivity contribution is -0.137. The Morgan fingerprint density at radius 3 is 2.44 bits per heavy atom. The molecule has 1 aromatic heterocycles. The van der Waals surface area contributed by atoms with Gasteiger partial charge in [-0.3, -0.25) is 14.2 Å². The van der Waals surface area contributed by atoms with Gasteiger partial charge in [-0.1, -0.05) is 45.4 Å². The molecule has 0 spiro atoms. The van der Waals surface area contributed by atoms with Gasteiger partial charge in [0.2, 0.25) is 0 Å². The number of unbranched alkanes of at least 4 members (excludes halogenated alkanes) is 1. The molecule has 0 radical (unpaired) electrons. The number of halogens is 3. The third-order valence-corrected chi connectivity index (χ3v) is 5.85. The summed E-state index contributed by atoms with van der Waals surface area (Å²) in [5.74, 6) is -0.0404. The number of benzene rings is 2. The lowest BCUT2D eigenvalue weighted by Gasteiger charge is -2.32. The maximum Gasteiger partial charge on any atom is 0.416 e. The molecular weight excluding hydrogens is 443 g/mol. The van der Waals surface area contributed by atoms with Crippen LogP contribution in [0.1, 0.15) is 74.2 Å². The van der Waals surface area contributed by atoms with Crippen molar-refractivity contribution in [2.45, 2.75) is 65.2 Å². The van der Waals surface area contributed by atoms with Crippen LogP contribution < -0.4 is 5.56 Å². The van der Waals surface area contributed by atoms with Crippen molar-refractivity contribution in [1.82, 2.24) is 14.5 Å². The first kappa shape index (κ1) is 25.5. The summed E-state index contributed by atoms with van der Waals surface area (Å²) < 4.78 is 41.5. The van der Waals surface area contributed by atoms with Crippen LogP contribution in [0.15, 0.2) is 53.3 Å². The predicted molar refractivity (Wildman–Crippen MR) is 127 cm³/mol. The van der Waals surface area contributed by atoms with Crippen LogP contribution in [0, 0.1) is 0 Å². The zero-order valence-electron chi connectivity index (χ0n) is 19.7. The van der Waals surface area contributed by atoms with E-state index in [0.29, 0.717) is 49.1 Å². The highest BCUT2D eigenvalue weighted by atomic mass is 19.4. The number of aromatic nitrogens is 2. The highest BCUT2D eigenvalue weighted by Crippen LogP contribution is 2.31. The summed E-state index contributed by atoms with van der Waals surface area (Å²) in [4.78, 5) is 33.2. The first-order valence-electron chi connectivity index (χ1n) is 11.7. The number of carbonyl (C=O) groups is 1. The largest absolute Gasteiger partial charge is 0.416 e. The average molecular weight is 474 g/mol. The molecule has 1 unspecified atom stereocenters. The number of alkyl halides is 3. The summed E-state index contributed by atoms with van der Waals surface area (Å²) in [5, 5.41) is 0.499. The Bertz CT molecular complexity index is 1200. The van der Waals surface area contributed by atoms with Crippen LogP contribution in [0.3, 0.4) is 0 Å². The third kappa shape index (κ3) is 5.32. The lowest BCUT2D eigenvalue weighted by atomic mass is 10.1. The van der Waals surface area contributed by atoms with Crippen molar-refractivity contribution < 1.29 is 18.0 Å².